The Morgan fingerprint density at radius 1 is 0.923 bits per heavy atom. The zero-order valence-electron chi connectivity index (χ0n) is 13.3. The van der Waals surface area contributed by atoms with Crippen molar-refractivity contribution >= 4 is 16.3 Å². The Morgan fingerprint density at radius 3 is 2.54 bits per heavy atom. The Labute approximate surface area is 151 Å². The van der Waals surface area contributed by atoms with Gasteiger partial charge in [0.15, 0.2) is 0 Å². The summed E-state index contributed by atoms with van der Waals surface area (Å²) in [4.78, 5) is 0.662. The molecule has 0 fully saturated rings. The molecule has 8 heteroatoms. The minimum atomic E-state index is -0.275. The van der Waals surface area contributed by atoms with Gasteiger partial charge in [-0.15, -0.1) is 10.2 Å². The number of nitrogens with one attached hydrogen (secondary N) is 1. The molecular formula is C18H11FN6S. The summed E-state index contributed by atoms with van der Waals surface area (Å²) in [6.07, 6.45) is 0. The van der Waals surface area contributed by atoms with Gasteiger partial charge in [0.05, 0.1) is 5.69 Å². The second kappa shape index (κ2) is 5.85. The molecule has 0 amide bonds. The summed E-state index contributed by atoms with van der Waals surface area (Å²) in [6, 6.07) is 18.0. The molecule has 0 saturated heterocycles. The number of hydrogen-bond acceptors (Lipinski definition) is 5. The van der Waals surface area contributed by atoms with E-state index in [4.69, 9.17) is 0 Å². The van der Waals surface area contributed by atoms with Crippen LogP contribution in [0.1, 0.15) is 0 Å². The van der Waals surface area contributed by atoms with Gasteiger partial charge in [-0.05, 0) is 30.3 Å². The predicted molar refractivity (Wildman–Crippen MR) is 97.1 cm³/mol. The third-order valence-corrected chi connectivity index (χ3v) is 4.92. The Balaban J connectivity index is 1.56. The quantitative estimate of drug-likeness (QED) is 0.526. The van der Waals surface area contributed by atoms with E-state index < -0.39 is 0 Å². The summed E-state index contributed by atoms with van der Waals surface area (Å²) in [5, 5.41) is 21.1. The number of rotatable bonds is 3. The van der Waals surface area contributed by atoms with Crippen LogP contribution in [0.4, 0.5) is 4.39 Å². The number of nitrogens with zero attached hydrogens (tertiary/aromatic N) is 5. The monoisotopic (exact) mass is 362 g/mol. The normalized spacial score (nSPS) is 11.3. The molecule has 0 aliphatic rings. The van der Waals surface area contributed by atoms with E-state index in [1.54, 1.807) is 16.6 Å². The number of aromatic amines is 1. The van der Waals surface area contributed by atoms with E-state index in [2.05, 4.69) is 25.5 Å². The molecule has 0 bridgehead atoms. The Bertz CT molecular complexity index is 1190. The van der Waals surface area contributed by atoms with E-state index >= 15 is 0 Å². The van der Waals surface area contributed by atoms with E-state index in [1.807, 2.05) is 36.4 Å². The maximum Gasteiger partial charge on any atom is 0.235 e. The van der Waals surface area contributed by atoms with Crippen LogP contribution in [0.5, 0.6) is 0 Å². The lowest BCUT2D eigenvalue weighted by atomic mass is 10.1. The zero-order chi connectivity index (χ0) is 17.5. The standard InChI is InChI=1S/C18H11FN6S/c19-13-8-6-12(7-9-13)17-24-25-16(22-23-18(25)26-17)15-10-14(20-21-15)11-4-2-1-3-5-11/h1-10H,(H,20,21). The highest BCUT2D eigenvalue weighted by Crippen LogP contribution is 2.28. The summed E-state index contributed by atoms with van der Waals surface area (Å²) in [5.74, 6) is 0.308. The van der Waals surface area contributed by atoms with Crippen molar-refractivity contribution in [1.29, 1.82) is 0 Å². The third-order valence-electron chi connectivity index (χ3n) is 3.97. The second-order valence-electron chi connectivity index (χ2n) is 5.66. The molecule has 26 heavy (non-hydrogen) atoms. The Hall–Kier alpha value is -3.39. The summed E-state index contributed by atoms with van der Waals surface area (Å²) >= 11 is 1.40. The molecule has 0 atom stereocenters. The minimum Gasteiger partial charge on any atom is -0.274 e. The maximum atomic E-state index is 13.1. The number of fused-ring (bicyclic) bond motifs is 1. The fraction of sp³-hybridized carbons (Fsp3) is 0. The van der Waals surface area contributed by atoms with E-state index in [0.29, 0.717) is 10.8 Å². The van der Waals surface area contributed by atoms with Crippen molar-refractivity contribution in [3.63, 3.8) is 0 Å². The minimum absolute atomic E-state index is 0.275. The second-order valence-corrected chi connectivity index (χ2v) is 6.62. The van der Waals surface area contributed by atoms with Crippen LogP contribution in [-0.4, -0.2) is 30.0 Å². The van der Waals surface area contributed by atoms with Crippen LogP contribution in [0.25, 0.3) is 38.3 Å². The average molecular weight is 362 g/mol. The number of H-pyrrole nitrogens is 1. The number of benzene rings is 2. The van der Waals surface area contributed by atoms with E-state index in [9.17, 15) is 4.39 Å². The predicted octanol–water partition coefficient (Wildman–Crippen LogP) is 4.05. The van der Waals surface area contributed by atoms with Crippen LogP contribution in [0, 0.1) is 5.82 Å². The highest BCUT2D eigenvalue weighted by Gasteiger charge is 2.16. The molecule has 2 aromatic carbocycles. The lowest BCUT2D eigenvalue weighted by Crippen LogP contribution is -1.91. The molecule has 0 radical (unpaired) electrons. The van der Waals surface area contributed by atoms with Crippen LogP contribution in [-0.2, 0) is 0 Å². The van der Waals surface area contributed by atoms with Crippen LogP contribution in [0.2, 0.25) is 0 Å². The third kappa shape index (κ3) is 2.47. The molecule has 3 aromatic heterocycles. The van der Waals surface area contributed by atoms with E-state index in [1.165, 1.54) is 23.5 Å². The van der Waals surface area contributed by atoms with Gasteiger partial charge < -0.3 is 0 Å². The highest BCUT2D eigenvalue weighted by atomic mass is 32.1. The van der Waals surface area contributed by atoms with Crippen molar-refractivity contribution in [1.82, 2.24) is 30.0 Å². The smallest absolute Gasteiger partial charge is 0.235 e. The van der Waals surface area contributed by atoms with Crippen molar-refractivity contribution < 1.29 is 4.39 Å². The molecule has 5 rings (SSSR count). The maximum absolute atomic E-state index is 13.1. The molecule has 5 aromatic rings. The van der Waals surface area contributed by atoms with Crippen LogP contribution < -0.4 is 0 Å². The number of hydrogen-bond donors (Lipinski definition) is 1. The first-order chi connectivity index (χ1) is 12.8. The van der Waals surface area contributed by atoms with E-state index in [-0.39, 0.29) is 5.82 Å². The Kier molecular flexibility index (Phi) is 3.36. The molecule has 126 valence electrons. The lowest BCUT2D eigenvalue weighted by molar-refractivity contribution is 0.628. The van der Waals surface area contributed by atoms with Crippen molar-refractivity contribution in [3.8, 4) is 33.3 Å². The average Bonchev–Trinajstić information content (AvgIpc) is 3.38. The van der Waals surface area contributed by atoms with Gasteiger partial charge in [-0.3, -0.25) is 5.10 Å². The summed E-state index contributed by atoms with van der Waals surface area (Å²) in [5.41, 5.74) is 3.40. The number of halogens is 1. The van der Waals surface area contributed by atoms with Crippen LogP contribution in [0.3, 0.4) is 0 Å². The first kappa shape index (κ1) is 14.9. The SMILES string of the molecule is Fc1ccc(-c2nn3c(-c4cc(-c5ccccc5)n[nH]4)nnc3s2)cc1. The molecule has 0 spiro atoms. The van der Waals surface area contributed by atoms with Gasteiger partial charge >= 0.3 is 0 Å². The topological polar surface area (TPSA) is 71.8 Å². The zero-order valence-corrected chi connectivity index (χ0v) is 14.1. The van der Waals surface area contributed by atoms with Crippen molar-refractivity contribution in [2.45, 2.75) is 0 Å². The summed E-state index contributed by atoms with van der Waals surface area (Å²) < 4.78 is 14.8. The lowest BCUT2D eigenvalue weighted by Gasteiger charge is -1.95. The largest absolute Gasteiger partial charge is 0.274 e. The summed E-state index contributed by atoms with van der Waals surface area (Å²) in [7, 11) is 0. The molecule has 1 N–H and O–H groups in total. The molecular weight excluding hydrogens is 351 g/mol. The van der Waals surface area contributed by atoms with Crippen LogP contribution in [0.15, 0.2) is 60.7 Å². The van der Waals surface area contributed by atoms with Gasteiger partial charge in [0.1, 0.15) is 16.5 Å². The molecule has 0 aliphatic carbocycles. The molecule has 6 nitrogen and oxygen atoms in total. The van der Waals surface area contributed by atoms with Gasteiger partial charge in [-0.25, -0.2) is 4.39 Å². The first-order valence-corrected chi connectivity index (χ1v) is 8.69. The van der Waals surface area contributed by atoms with Gasteiger partial charge in [-0.2, -0.15) is 14.7 Å². The summed E-state index contributed by atoms with van der Waals surface area (Å²) in [6.45, 7) is 0. The fourth-order valence-corrected chi connectivity index (χ4v) is 3.53. The fourth-order valence-electron chi connectivity index (χ4n) is 2.69. The molecule has 3 heterocycles. The molecule has 0 unspecified atom stereocenters. The van der Waals surface area contributed by atoms with Crippen molar-refractivity contribution in [2.75, 3.05) is 0 Å². The molecule has 0 saturated carbocycles. The van der Waals surface area contributed by atoms with E-state index in [0.717, 1.165) is 27.5 Å². The van der Waals surface area contributed by atoms with Gasteiger partial charge in [-0.1, -0.05) is 41.7 Å². The van der Waals surface area contributed by atoms with Gasteiger partial charge in [0.25, 0.3) is 0 Å². The molecule has 0 aliphatic heterocycles. The Morgan fingerprint density at radius 2 is 1.73 bits per heavy atom. The van der Waals surface area contributed by atoms with Crippen molar-refractivity contribution in [2.24, 2.45) is 0 Å². The first-order valence-electron chi connectivity index (χ1n) is 7.87. The van der Waals surface area contributed by atoms with Gasteiger partial charge in [0, 0.05) is 11.1 Å². The van der Waals surface area contributed by atoms with Crippen molar-refractivity contribution in [3.05, 3.63) is 66.5 Å². The van der Waals surface area contributed by atoms with Gasteiger partial charge in [0.2, 0.25) is 10.8 Å². The number of aromatic nitrogens is 6. The highest BCUT2D eigenvalue weighted by molar-refractivity contribution is 7.19. The van der Waals surface area contributed by atoms with Crippen LogP contribution >= 0.6 is 11.3 Å².